The molecule has 3 nitrogen and oxygen atoms in total. The summed E-state index contributed by atoms with van der Waals surface area (Å²) in [6.45, 7) is 6.95. The van der Waals surface area contributed by atoms with Crippen molar-refractivity contribution in [1.29, 1.82) is 0 Å². The van der Waals surface area contributed by atoms with Crippen LogP contribution in [0.1, 0.15) is 39.3 Å². The van der Waals surface area contributed by atoms with Crippen molar-refractivity contribution in [3.63, 3.8) is 0 Å². The number of ether oxygens (including phenoxy) is 1. The van der Waals surface area contributed by atoms with E-state index in [0.29, 0.717) is 5.56 Å². The number of rotatable bonds is 2. The molecular formula is C13H17ClFNO2. The van der Waals surface area contributed by atoms with Crippen molar-refractivity contribution < 1.29 is 13.9 Å². The van der Waals surface area contributed by atoms with Gasteiger partial charge in [-0.2, -0.15) is 0 Å². The first kappa shape index (κ1) is 14.8. The topological polar surface area (TPSA) is 38.3 Å². The third-order valence-corrected chi connectivity index (χ3v) is 2.47. The molecule has 0 bridgehead atoms. The zero-order chi connectivity index (χ0) is 13.9. The van der Waals surface area contributed by atoms with Crippen LogP contribution in [0.3, 0.4) is 0 Å². The standard InChI is InChI=1S/C13H17ClFNO2/c1-8(16-12(17)18-13(2,3)4)9-6-5-7-10(14)11(9)15/h5-8H,1-4H3,(H,16,17)/t8-/m0/s1. The van der Waals surface area contributed by atoms with Crippen LogP contribution in [-0.4, -0.2) is 11.7 Å². The van der Waals surface area contributed by atoms with E-state index >= 15 is 0 Å². The van der Waals surface area contributed by atoms with E-state index in [1.807, 2.05) is 0 Å². The van der Waals surface area contributed by atoms with Gasteiger partial charge in [0.25, 0.3) is 0 Å². The Morgan fingerprint density at radius 2 is 2.06 bits per heavy atom. The molecule has 0 aliphatic carbocycles. The highest BCUT2D eigenvalue weighted by Gasteiger charge is 2.20. The molecule has 0 saturated heterocycles. The lowest BCUT2D eigenvalue weighted by molar-refractivity contribution is 0.0507. The highest BCUT2D eigenvalue weighted by molar-refractivity contribution is 6.30. The van der Waals surface area contributed by atoms with Gasteiger partial charge in [0.15, 0.2) is 0 Å². The average molecular weight is 274 g/mol. The Labute approximate surface area is 111 Å². The quantitative estimate of drug-likeness (QED) is 0.882. The van der Waals surface area contributed by atoms with Gasteiger partial charge in [-0.1, -0.05) is 23.7 Å². The van der Waals surface area contributed by atoms with Crippen LogP contribution >= 0.6 is 11.6 Å². The number of carbonyl (C=O) groups excluding carboxylic acids is 1. The van der Waals surface area contributed by atoms with Crippen molar-refractivity contribution in [3.05, 3.63) is 34.6 Å². The number of nitrogens with one attached hydrogen (secondary N) is 1. The van der Waals surface area contributed by atoms with Crippen LogP contribution < -0.4 is 5.32 Å². The van der Waals surface area contributed by atoms with Gasteiger partial charge in [0.05, 0.1) is 11.1 Å². The summed E-state index contributed by atoms with van der Waals surface area (Å²) >= 11 is 5.68. The maximum Gasteiger partial charge on any atom is 0.408 e. The summed E-state index contributed by atoms with van der Waals surface area (Å²) in [5.74, 6) is -0.525. The minimum atomic E-state index is -0.589. The molecule has 0 aliphatic heterocycles. The maximum atomic E-state index is 13.7. The summed E-state index contributed by atoms with van der Waals surface area (Å²) in [5.41, 5.74) is -0.259. The van der Waals surface area contributed by atoms with Gasteiger partial charge in [0.1, 0.15) is 11.4 Å². The van der Waals surface area contributed by atoms with Crippen molar-refractivity contribution in [2.75, 3.05) is 0 Å². The number of carbonyl (C=O) groups is 1. The minimum absolute atomic E-state index is 0.0327. The van der Waals surface area contributed by atoms with E-state index in [1.165, 1.54) is 6.07 Å². The molecule has 1 rings (SSSR count). The summed E-state index contributed by atoms with van der Waals surface area (Å²) in [5, 5.41) is 2.59. The Morgan fingerprint density at radius 3 is 2.61 bits per heavy atom. The molecule has 0 aromatic heterocycles. The molecule has 1 amide bonds. The van der Waals surface area contributed by atoms with Crippen molar-refractivity contribution in [2.45, 2.75) is 39.3 Å². The van der Waals surface area contributed by atoms with Gasteiger partial charge in [0.2, 0.25) is 0 Å². The van der Waals surface area contributed by atoms with Crippen LogP contribution in [0.2, 0.25) is 5.02 Å². The van der Waals surface area contributed by atoms with E-state index in [9.17, 15) is 9.18 Å². The van der Waals surface area contributed by atoms with E-state index in [2.05, 4.69) is 5.32 Å². The fraction of sp³-hybridized carbons (Fsp3) is 0.462. The first-order valence-electron chi connectivity index (χ1n) is 5.64. The monoisotopic (exact) mass is 273 g/mol. The number of hydrogen-bond donors (Lipinski definition) is 1. The number of amides is 1. The van der Waals surface area contributed by atoms with Crippen LogP contribution in [0.4, 0.5) is 9.18 Å². The van der Waals surface area contributed by atoms with Crippen LogP contribution in [0.5, 0.6) is 0 Å². The summed E-state index contributed by atoms with van der Waals surface area (Å²) in [6.07, 6.45) is -0.589. The van der Waals surface area contributed by atoms with Gasteiger partial charge in [-0.3, -0.25) is 0 Å². The van der Waals surface area contributed by atoms with Gasteiger partial charge in [-0.15, -0.1) is 0 Å². The molecule has 1 N–H and O–H groups in total. The van der Waals surface area contributed by atoms with E-state index < -0.39 is 23.6 Å². The van der Waals surface area contributed by atoms with Crippen LogP contribution in [0, 0.1) is 5.82 Å². The van der Waals surface area contributed by atoms with Crippen LogP contribution in [0.15, 0.2) is 18.2 Å². The molecule has 1 atom stereocenters. The lowest BCUT2D eigenvalue weighted by Crippen LogP contribution is -2.34. The van der Waals surface area contributed by atoms with E-state index in [4.69, 9.17) is 16.3 Å². The number of halogens is 2. The Balaban J connectivity index is 2.74. The average Bonchev–Trinajstić information content (AvgIpc) is 2.18. The highest BCUT2D eigenvalue weighted by atomic mass is 35.5. The van der Waals surface area contributed by atoms with Gasteiger partial charge >= 0.3 is 6.09 Å². The zero-order valence-electron chi connectivity index (χ0n) is 10.9. The smallest absolute Gasteiger partial charge is 0.408 e. The predicted octanol–water partition coefficient (Wildman–Crippen LogP) is 4.06. The fourth-order valence-electron chi connectivity index (χ4n) is 1.42. The van der Waals surface area contributed by atoms with Crippen LogP contribution in [-0.2, 0) is 4.74 Å². The molecule has 0 heterocycles. The third kappa shape index (κ3) is 4.18. The van der Waals surface area contributed by atoms with Crippen molar-refractivity contribution in [1.82, 2.24) is 5.32 Å². The van der Waals surface area contributed by atoms with Crippen molar-refractivity contribution in [3.8, 4) is 0 Å². The number of hydrogen-bond acceptors (Lipinski definition) is 2. The van der Waals surface area contributed by atoms with Crippen LogP contribution in [0.25, 0.3) is 0 Å². The van der Waals surface area contributed by atoms with E-state index in [-0.39, 0.29) is 5.02 Å². The summed E-state index contributed by atoms with van der Waals surface area (Å²) < 4.78 is 18.8. The minimum Gasteiger partial charge on any atom is -0.444 e. The largest absolute Gasteiger partial charge is 0.444 e. The molecule has 1 aromatic carbocycles. The molecule has 0 saturated carbocycles. The maximum absolute atomic E-state index is 13.7. The molecule has 0 unspecified atom stereocenters. The molecule has 0 fully saturated rings. The second-order valence-corrected chi connectivity index (χ2v) is 5.42. The molecule has 0 spiro atoms. The Hall–Kier alpha value is -1.29. The number of benzene rings is 1. The van der Waals surface area contributed by atoms with Gasteiger partial charge in [-0.25, -0.2) is 9.18 Å². The summed E-state index contributed by atoms with van der Waals surface area (Å²) in [4.78, 5) is 11.5. The second kappa shape index (κ2) is 5.57. The molecule has 100 valence electrons. The number of alkyl carbamates (subject to hydrolysis) is 1. The molecular weight excluding hydrogens is 257 g/mol. The predicted molar refractivity (Wildman–Crippen MR) is 69.2 cm³/mol. The van der Waals surface area contributed by atoms with Gasteiger partial charge in [0, 0.05) is 5.56 Å². The first-order chi connectivity index (χ1) is 8.20. The lowest BCUT2D eigenvalue weighted by Gasteiger charge is -2.22. The SMILES string of the molecule is C[C@H](NC(=O)OC(C)(C)C)c1cccc(Cl)c1F. The first-order valence-corrected chi connectivity index (χ1v) is 6.02. The molecule has 0 radical (unpaired) electrons. The molecule has 18 heavy (non-hydrogen) atoms. The third-order valence-electron chi connectivity index (χ3n) is 2.18. The Kier molecular flexibility index (Phi) is 4.57. The molecule has 1 aromatic rings. The molecule has 5 heteroatoms. The van der Waals surface area contributed by atoms with Gasteiger partial charge in [-0.05, 0) is 33.8 Å². The van der Waals surface area contributed by atoms with Crippen molar-refractivity contribution >= 4 is 17.7 Å². The summed E-state index contributed by atoms with van der Waals surface area (Å²) in [6, 6.07) is 4.15. The summed E-state index contributed by atoms with van der Waals surface area (Å²) in [7, 11) is 0. The van der Waals surface area contributed by atoms with E-state index in [0.717, 1.165) is 0 Å². The van der Waals surface area contributed by atoms with Gasteiger partial charge < -0.3 is 10.1 Å². The second-order valence-electron chi connectivity index (χ2n) is 5.01. The molecule has 0 aliphatic rings. The highest BCUT2D eigenvalue weighted by Crippen LogP contribution is 2.23. The Morgan fingerprint density at radius 1 is 1.44 bits per heavy atom. The fourth-order valence-corrected chi connectivity index (χ4v) is 1.60. The normalized spacial score (nSPS) is 13.0. The van der Waals surface area contributed by atoms with Crippen molar-refractivity contribution in [2.24, 2.45) is 0 Å². The Bertz CT molecular complexity index is 443. The lowest BCUT2D eigenvalue weighted by atomic mass is 10.1. The zero-order valence-corrected chi connectivity index (χ0v) is 11.6. The van der Waals surface area contributed by atoms with E-state index in [1.54, 1.807) is 39.8 Å².